The summed E-state index contributed by atoms with van der Waals surface area (Å²) in [7, 11) is 0. The van der Waals surface area contributed by atoms with E-state index in [0.29, 0.717) is 22.5 Å². The molecule has 1 aliphatic carbocycles. The van der Waals surface area contributed by atoms with E-state index in [1.54, 1.807) is 24.4 Å². The number of hydrogen-bond acceptors (Lipinski definition) is 8. The standard InChI is InChI=1S/C32H26F5N9/c1-30(2,32(35,36)37)17-42-27-19(14-39)15-41-26-18(13-38)11-20(12-23(26)27)43-28(22-5-3-7-24-21(22)6-4-10-40-24)25-16-46(45-44-25)31(8-9-31)29(33)34/h3-7,10-12,15-16,28-29,43H,8-9,17H2,1-2H3,(H,41,42)/t28-/m0/s1. The van der Waals surface area contributed by atoms with Crippen molar-refractivity contribution in [1.82, 2.24) is 25.0 Å². The molecular weight excluding hydrogens is 605 g/mol. The molecule has 14 heteroatoms. The number of benzene rings is 2. The van der Waals surface area contributed by atoms with E-state index in [9.17, 15) is 32.5 Å². The second-order valence-electron chi connectivity index (χ2n) is 11.9. The van der Waals surface area contributed by atoms with E-state index in [1.807, 2.05) is 24.3 Å². The molecule has 0 radical (unpaired) electrons. The lowest BCUT2D eigenvalue weighted by Crippen LogP contribution is -2.38. The Morgan fingerprint density at radius 3 is 2.43 bits per heavy atom. The SMILES string of the molecule is CC(C)(CNc1c(C#N)cnc2c(C#N)cc(N[C@H](c3cn(C4(C(F)F)CC4)nn3)c3cccc4ncccc34)cc12)C(F)(F)F. The highest BCUT2D eigenvalue weighted by atomic mass is 19.4. The molecule has 0 unspecified atom stereocenters. The molecule has 1 atom stereocenters. The zero-order chi connectivity index (χ0) is 32.9. The third kappa shape index (κ3) is 5.30. The Labute approximate surface area is 259 Å². The van der Waals surface area contributed by atoms with Crippen molar-refractivity contribution in [1.29, 1.82) is 10.5 Å². The zero-order valence-electron chi connectivity index (χ0n) is 24.6. The van der Waals surface area contributed by atoms with Crippen LogP contribution in [0.1, 0.15) is 55.1 Å². The normalized spacial score (nSPS) is 15.0. The van der Waals surface area contributed by atoms with Gasteiger partial charge in [-0.1, -0.05) is 23.4 Å². The van der Waals surface area contributed by atoms with E-state index in [-0.39, 0.29) is 40.6 Å². The van der Waals surface area contributed by atoms with Crippen LogP contribution in [0.15, 0.2) is 61.1 Å². The molecule has 0 aliphatic heterocycles. The van der Waals surface area contributed by atoms with E-state index >= 15 is 0 Å². The third-order valence-corrected chi connectivity index (χ3v) is 8.42. The molecule has 3 heterocycles. The summed E-state index contributed by atoms with van der Waals surface area (Å²) in [6, 6.07) is 15.4. The van der Waals surface area contributed by atoms with E-state index < -0.39 is 36.1 Å². The first-order valence-electron chi connectivity index (χ1n) is 14.3. The van der Waals surface area contributed by atoms with E-state index in [2.05, 4.69) is 37.0 Å². The van der Waals surface area contributed by atoms with Gasteiger partial charge in [0.15, 0.2) is 0 Å². The van der Waals surface area contributed by atoms with Crippen molar-refractivity contribution in [2.45, 2.75) is 50.9 Å². The van der Waals surface area contributed by atoms with Crippen LogP contribution in [0.2, 0.25) is 0 Å². The lowest BCUT2D eigenvalue weighted by atomic mass is 9.92. The first-order chi connectivity index (χ1) is 21.9. The summed E-state index contributed by atoms with van der Waals surface area (Å²) in [5.41, 5.74) is -1.18. The average Bonchev–Trinajstić information content (AvgIpc) is 3.71. The summed E-state index contributed by atoms with van der Waals surface area (Å²) in [5, 5.41) is 35.3. The fourth-order valence-corrected chi connectivity index (χ4v) is 5.31. The Bertz CT molecular complexity index is 2030. The predicted molar refractivity (Wildman–Crippen MR) is 160 cm³/mol. The number of halogens is 5. The highest BCUT2D eigenvalue weighted by Crippen LogP contribution is 2.48. The molecule has 0 saturated heterocycles. The molecule has 1 aliphatic rings. The number of nitrogens with one attached hydrogen (secondary N) is 2. The number of anilines is 2. The summed E-state index contributed by atoms with van der Waals surface area (Å²) in [5.74, 6) is 0. The summed E-state index contributed by atoms with van der Waals surface area (Å²) < 4.78 is 70.1. The zero-order valence-corrected chi connectivity index (χ0v) is 24.6. The number of nitrogens with zero attached hydrogens (tertiary/aromatic N) is 7. The molecule has 6 rings (SSSR count). The van der Waals surface area contributed by atoms with Crippen LogP contribution < -0.4 is 10.6 Å². The monoisotopic (exact) mass is 631 g/mol. The van der Waals surface area contributed by atoms with Gasteiger partial charge in [0.25, 0.3) is 6.43 Å². The van der Waals surface area contributed by atoms with Crippen LogP contribution in [0.5, 0.6) is 0 Å². The molecule has 9 nitrogen and oxygen atoms in total. The van der Waals surface area contributed by atoms with Crippen LogP contribution in [0, 0.1) is 28.1 Å². The van der Waals surface area contributed by atoms with Gasteiger partial charge in [-0.2, -0.15) is 23.7 Å². The lowest BCUT2D eigenvalue weighted by molar-refractivity contribution is -0.206. The smallest absolute Gasteiger partial charge is 0.382 e. The summed E-state index contributed by atoms with van der Waals surface area (Å²) >= 11 is 0. The van der Waals surface area contributed by atoms with Crippen LogP contribution in [-0.2, 0) is 5.54 Å². The molecule has 5 aromatic rings. The highest BCUT2D eigenvalue weighted by Gasteiger charge is 2.54. The third-order valence-electron chi connectivity index (χ3n) is 8.42. The second-order valence-corrected chi connectivity index (χ2v) is 11.9. The fourth-order valence-electron chi connectivity index (χ4n) is 5.31. The lowest BCUT2D eigenvalue weighted by Gasteiger charge is -2.28. The van der Waals surface area contributed by atoms with Crippen LogP contribution in [0.3, 0.4) is 0 Å². The predicted octanol–water partition coefficient (Wildman–Crippen LogP) is 7.07. The number of alkyl halides is 5. The highest BCUT2D eigenvalue weighted by molar-refractivity contribution is 5.99. The molecule has 2 aromatic carbocycles. The van der Waals surface area contributed by atoms with E-state index in [4.69, 9.17) is 0 Å². The molecule has 46 heavy (non-hydrogen) atoms. The van der Waals surface area contributed by atoms with Crippen molar-refractivity contribution in [2.24, 2.45) is 5.41 Å². The minimum Gasteiger partial charge on any atom is -0.382 e. The molecule has 234 valence electrons. The number of nitriles is 2. The minimum atomic E-state index is -4.53. The Morgan fingerprint density at radius 1 is 1.00 bits per heavy atom. The van der Waals surface area contributed by atoms with Gasteiger partial charge in [-0.05, 0) is 56.5 Å². The molecule has 1 saturated carbocycles. The van der Waals surface area contributed by atoms with Gasteiger partial charge in [0.2, 0.25) is 0 Å². The van der Waals surface area contributed by atoms with Gasteiger partial charge in [0.05, 0.1) is 45.5 Å². The van der Waals surface area contributed by atoms with Gasteiger partial charge in [-0.15, -0.1) is 5.10 Å². The number of rotatable bonds is 9. The average molecular weight is 632 g/mol. The van der Waals surface area contributed by atoms with Crippen LogP contribution in [0.4, 0.5) is 33.3 Å². The first kappa shape index (κ1) is 30.6. The quantitative estimate of drug-likeness (QED) is 0.165. The number of fused-ring (bicyclic) bond motifs is 2. The summed E-state index contributed by atoms with van der Waals surface area (Å²) in [4.78, 5) is 8.69. The van der Waals surface area contributed by atoms with E-state index in [0.717, 1.165) is 19.2 Å². The largest absolute Gasteiger partial charge is 0.395 e. The van der Waals surface area contributed by atoms with Gasteiger partial charge in [0, 0.05) is 35.4 Å². The topological polar surface area (TPSA) is 128 Å². The molecular formula is C32H26F5N9. The molecule has 2 N–H and O–H groups in total. The number of pyridine rings is 2. The van der Waals surface area contributed by atoms with Gasteiger partial charge in [-0.3, -0.25) is 9.97 Å². The Morgan fingerprint density at radius 2 is 1.76 bits per heavy atom. The van der Waals surface area contributed by atoms with Gasteiger partial charge in [-0.25, -0.2) is 13.5 Å². The van der Waals surface area contributed by atoms with Crippen LogP contribution >= 0.6 is 0 Å². The molecule has 0 bridgehead atoms. The fraction of sp³-hybridized carbons (Fsp3) is 0.312. The van der Waals surface area contributed by atoms with Crippen molar-refractivity contribution in [3.8, 4) is 12.1 Å². The molecule has 0 spiro atoms. The van der Waals surface area contributed by atoms with E-state index in [1.165, 1.54) is 23.1 Å². The number of aromatic nitrogens is 5. The maximum atomic E-state index is 13.9. The van der Waals surface area contributed by atoms with Crippen molar-refractivity contribution in [3.63, 3.8) is 0 Å². The van der Waals surface area contributed by atoms with Gasteiger partial charge >= 0.3 is 6.18 Å². The second kappa shape index (κ2) is 11.2. The summed E-state index contributed by atoms with van der Waals surface area (Å²) in [6.07, 6.45) is -2.32. The molecule has 0 amide bonds. The van der Waals surface area contributed by atoms with Gasteiger partial charge in [0.1, 0.15) is 23.4 Å². The van der Waals surface area contributed by atoms with Gasteiger partial charge < -0.3 is 10.6 Å². The minimum absolute atomic E-state index is 0.00661. The number of hydrogen-bond donors (Lipinski definition) is 2. The first-order valence-corrected chi connectivity index (χ1v) is 14.3. The van der Waals surface area contributed by atoms with Crippen molar-refractivity contribution < 1.29 is 22.0 Å². The van der Waals surface area contributed by atoms with Crippen molar-refractivity contribution in [3.05, 3.63) is 83.4 Å². The maximum absolute atomic E-state index is 13.9. The van der Waals surface area contributed by atoms with Crippen LogP contribution in [0.25, 0.3) is 21.8 Å². The maximum Gasteiger partial charge on any atom is 0.395 e. The Hall–Kier alpha value is -5.37. The van der Waals surface area contributed by atoms with Crippen LogP contribution in [-0.4, -0.2) is 44.1 Å². The van der Waals surface area contributed by atoms with Crippen molar-refractivity contribution >= 4 is 33.2 Å². The van der Waals surface area contributed by atoms with Crippen molar-refractivity contribution in [2.75, 3.05) is 17.2 Å². The Kier molecular flexibility index (Phi) is 7.47. The molecule has 3 aromatic heterocycles. The summed E-state index contributed by atoms with van der Waals surface area (Å²) in [6.45, 7) is 1.53. The molecule has 1 fully saturated rings. The Balaban J connectivity index is 1.49.